The Morgan fingerprint density at radius 3 is 2.55 bits per heavy atom. The van der Waals surface area contributed by atoms with Gasteiger partial charge >= 0.3 is 0 Å². The Kier molecular flexibility index (Phi) is 8.67. The summed E-state index contributed by atoms with van der Waals surface area (Å²) in [6, 6.07) is 9.40. The number of sulfonamides is 2. The summed E-state index contributed by atoms with van der Waals surface area (Å²) >= 11 is 0. The van der Waals surface area contributed by atoms with Crippen LogP contribution in [0, 0.1) is 23.6 Å². The summed E-state index contributed by atoms with van der Waals surface area (Å²) in [5.74, 6) is 4.85. The molecule has 0 spiro atoms. The number of hydrogen-bond acceptors (Lipinski definition) is 7. The minimum atomic E-state index is -4.09. The van der Waals surface area contributed by atoms with Crippen molar-refractivity contribution in [2.24, 2.45) is 13.0 Å². The molecule has 0 unspecified atom stereocenters. The van der Waals surface area contributed by atoms with Crippen molar-refractivity contribution in [2.45, 2.75) is 35.9 Å². The summed E-state index contributed by atoms with van der Waals surface area (Å²) in [6.45, 7) is 2.85. The number of aryl methyl sites for hydroxylation is 1. The number of benzene rings is 2. The Hall–Kier alpha value is -3.28. The van der Waals surface area contributed by atoms with Crippen LogP contribution in [0.5, 0.6) is 5.75 Å². The van der Waals surface area contributed by atoms with Gasteiger partial charge < -0.3 is 14.4 Å². The van der Waals surface area contributed by atoms with Gasteiger partial charge in [0, 0.05) is 49.9 Å². The topological polar surface area (TPSA) is 122 Å². The summed E-state index contributed by atoms with van der Waals surface area (Å²) in [7, 11) is -4.97. The fourth-order valence-corrected chi connectivity index (χ4v) is 7.23. The first kappa shape index (κ1) is 29.7. The minimum absolute atomic E-state index is 0.00126. The van der Waals surface area contributed by atoms with E-state index in [0.29, 0.717) is 11.1 Å². The van der Waals surface area contributed by atoms with Crippen molar-refractivity contribution < 1.29 is 31.1 Å². The van der Waals surface area contributed by atoms with Crippen LogP contribution < -0.4 is 4.74 Å². The number of halogens is 1. The van der Waals surface area contributed by atoms with E-state index in [0.717, 1.165) is 4.31 Å². The standard InChI is InChI=1S/C27H31FN4O6S2/c1-19-14-32(20(2)17-33)39(34,35)26-11-10-22(9-8-21-6-5-7-23(28)12-21)13-24(26)38-25(19)15-31(4)40(36,37)27-16-30(3)18-29-27/h5-7,10-13,16,18-20,25,33H,14-15,17H2,1-4H3/t19-,20-,25-/m0/s1. The lowest BCUT2D eigenvalue weighted by Crippen LogP contribution is -2.50. The highest BCUT2D eigenvalue weighted by molar-refractivity contribution is 7.89. The van der Waals surface area contributed by atoms with E-state index in [1.54, 1.807) is 27.0 Å². The van der Waals surface area contributed by atoms with Crippen LogP contribution in [0.25, 0.3) is 0 Å². The molecule has 0 bridgehead atoms. The molecule has 0 saturated heterocycles. The summed E-state index contributed by atoms with van der Waals surface area (Å²) in [5, 5.41) is 9.70. The number of likely N-dealkylation sites (N-methyl/N-ethyl adjacent to an activating group) is 1. The molecule has 1 aromatic heterocycles. The maximum absolute atomic E-state index is 13.7. The largest absolute Gasteiger partial charge is 0.487 e. The first-order valence-corrected chi connectivity index (χ1v) is 15.4. The third-order valence-corrected chi connectivity index (χ3v) is 10.4. The first-order valence-electron chi connectivity index (χ1n) is 12.5. The minimum Gasteiger partial charge on any atom is -0.487 e. The van der Waals surface area contributed by atoms with Crippen LogP contribution in [-0.2, 0) is 27.1 Å². The summed E-state index contributed by atoms with van der Waals surface area (Å²) < 4.78 is 77.3. The molecule has 0 amide bonds. The molecule has 1 aliphatic rings. The lowest BCUT2D eigenvalue weighted by Gasteiger charge is -2.37. The van der Waals surface area contributed by atoms with E-state index in [-0.39, 0.29) is 28.8 Å². The lowest BCUT2D eigenvalue weighted by molar-refractivity contribution is 0.0904. The van der Waals surface area contributed by atoms with Crippen molar-refractivity contribution in [1.29, 1.82) is 0 Å². The Balaban J connectivity index is 1.75. The first-order chi connectivity index (χ1) is 18.8. The average Bonchev–Trinajstić information content (AvgIpc) is 3.36. The van der Waals surface area contributed by atoms with Crippen LogP contribution in [-0.4, -0.2) is 79.0 Å². The molecule has 10 nitrogen and oxygen atoms in total. The van der Waals surface area contributed by atoms with Crippen molar-refractivity contribution >= 4 is 20.0 Å². The zero-order valence-corrected chi connectivity index (χ0v) is 24.2. The second-order valence-electron chi connectivity index (χ2n) is 9.82. The molecule has 0 saturated carbocycles. The Morgan fingerprint density at radius 2 is 1.93 bits per heavy atom. The number of rotatable bonds is 6. The fraction of sp³-hybridized carbons (Fsp3) is 0.370. The molecular weight excluding hydrogens is 559 g/mol. The molecule has 40 heavy (non-hydrogen) atoms. The molecule has 2 aromatic carbocycles. The van der Waals surface area contributed by atoms with Gasteiger partial charge in [0.05, 0.1) is 19.5 Å². The SMILES string of the molecule is C[C@H]1CN([C@@H](C)CO)S(=O)(=O)c2ccc(C#Cc3cccc(F)c3)cc2O[C@H]1CN(C)S(=O)(=O)c1cn(C)cn1. The summed E-state index contributed by atoms with van der Waals surface area (Å²) in [6.07, 6.45) is 2.01. The molecule has 13 heteroatoms. The van der Waals surface area contributed by atoms with E-state index in [9.17, 15) is 26.3 Å². The van der Waals surface area contributed by atoms with Crippen LogP contribution in [0.2, 0.25) is 0 Å². The van der Waals surface area contributed by atoms with Gasteiger partial charge in [-0.05, 0) is 43.3 Å². The molecule has 3 atom stereocenters. The number of aliphatic hydroxyl groups is 1. The van der Waals surface area contributed by atoms with Crippen molar-refractivity contribution in [3.63, 3.8) is 0 Å². The number of ether oxygens (including phenoxy) is 1. The molecule has 1 N–H and O–H groups in total. The number of hydrogen-bond donors (Lipinski definition) is 1. The van der Waals surface area contributed by atoms with Gasteiger partial charge in [0.1, 0.15) is 22.6 Å². The third-order valence-electron chi connectivity index (χ3n) is 6.64. The smallest absolute Gasteiger partial charge is 0.261 e. The molecule has 0 aliphatic carbocycles. The maximum atomic E-state index is 13.7. The van der Waals surface area contributed by atoms with Crippen LogP contribution in [0.15, 0.2) is 64.9 Å². The number of aliphatic hydroxyl groups excluding tert-OH is 1. The van der Waals surface area contributed by atoms with E-state index in [1.807, 2.05) is 0 Å². The van der Waals surface area contributed by atoms with Gasteiger partial charge in [-0.25, -0.2) is 26.2 Å². The zero-order chi connectivity index (χ0) is 29.2. The molecule has 3 aromatic rings. The monoisotopic (exact) mass is 590 g/mol. The van der Waals surface area contributed by atoms with Gasteiger partial charge in [0.2, 0.25) is 10.0 Å². The van der Waals surface area contributed by atoms with Gasteiger partial charge in [-0.15, -0.1) is 0 Å². The Labute approximate surface area is 234 Å². The van der Waals surface area contributed by atoms with Crippen LogP contribution >= 0.6 is 0 Å². The van der Waals surface area contributed by atoms with Crippen molar-refractivity contribution in [1.82, 2.24) is 18.2 Å². The lowest BCUT2D eigenvalue weighted by atomic mass is 10.0. The summed E-state index contributed by atoms with van der Waals surface area (Å²) in [4.78, 5) is 3.83. The number of imidazole rings is 1. The van der Waals surface area contributed by atoms with Crippen molar-refractivity contribution in [2.75, 3.05) is 26.7 Å². The maximum Gasteiger partial charge on any atom is 0.261 e. The molecule has 2 heterocycles. The molecule has 0 radical (unpaired) electrons. The average molecular weight is 591 g/mol. The third kappa shape index (κ3) is 6.21. The zero-order valence-electron chi connectivity index (χ0n) is 22.5. The van der Waals surface area contributed by atoms with Gasteiger partial charge in [0.25, 0.3) is 10.0 Å². The molecule has 0 fully saturated rings. The van der Waals surface area contributed by atoms with Crippen molar-refractivity contribution in [3.05, 3.63) is 71.9 Å². The quantitative estimate of drug-likeness (QED) is 0.436. The van der Waals surface area contributed by atoms with Crippen molar-refractivity contribution in [3.8, 4) is 17.6 Å². The van der Waals surface area contributed by atoms with E-state index >= 15 is 0 Å². The normalized spacial score (nSPS) is 20.0. The molecule has 214 valence electrons. The van der Waals surface area contributed by atoms with Gasteiger partial charge in [-0.3, -0.25) is 0 Å². The van der Waals surface area contributed by atoms with E-state index < -0.39 is 50.5 Å². The predicted molar refractivity (Wildman–Crippen MR) is 146 cm³/mol. The highest BCUT2D eigenvalue weighted by atomic mass is 32.2. The second kappa shape index (κ2) is 11.7. The van der Waals surface area contributed by atoms with Crippen LogP contribution in [0.4, 0.5) is 4.39 Å². The fourth-order valence-electron chi connectivity index (χ4n) is 4.27. The molecule has 1 aliphatic heterocycles. The number of nitrogens with zero attached hydrogens (tertiary/aromatic N) is 4. The van der Waals surface area contributed by atoms with Gasteiger partial charge in [-0.2, -0.15) is 8.61 Å². The summed E-state index contributed by atoms with van der Waals surface area (Å²) in [5.41, 5.74) is 0.859. The predicted octanol–water partition coefficient (Wildman–Crippen LogP) is 2.05. The molecular formula is C27H31FN4O6S2. The van der Waals surface area contributed by atoms with Gasteiger partial charge in [-0.1, -0.05) is 24.8 Å². The van der Waals surface area contributed by atoms with E-state index in [4.69, 9.17) is 4.74 Å². The highest BCUT2D eigenvalue weighted by Gasteiger charge is 2.39. The Bertz CT molecular complexity index is 1660. The van der Waals surface area contributed by atoms with E-state index in [1.165, 1.54) is 64.8 Å². The highest BCUT2D eigenvalue weighted by Crippen LogP contribution is 2.34. The number of aromatic nitrogens is 2. The number of fused-ring (bicyclic) bond motifs is 1. The van der Waals surface area contributed by atoms with Gasteiger partial charge in [0.15, 0.2) is 5.03 Å². The van der Waals surface area contributed by atoms with Crippen LogP contribution in [0.3, 0.4) is 0 Å². The van der Waals surface area contributed by atoms with Crippen LogP contribution in [0.1, 0.15) is 25.0 Å². The second-order valence-corrected chi connectivity index (χ2v) is 13.7. The molecule has 4 rings (SSSR count). The van der Waals surface area contributed by atoms with E-state index in [2.05, 4.69) is 16.8 Å². The Morgan fingerprint density at radius 1 is 1.23 bits per heavy atom.